The van der Waals surface area contributed by atoms with Crippen LogP contribution in [0.15, 0.2) is 47.3 Å². The zero-order valence-corrected chi connectivity index (χ0v) is 17.3. The second kappa shape index (κ2) is 7.95. The average Bonchev–Trinajstić information content (AvgIpc) is 3.42. The molecule has 154 valence electrons. The quantitative estimate of drug-likeness (QED) is 0.502. The van der Waals surface area contributed by atoms with Gasteiger partial charge >= 0.3 is 0 Å². The van der Waals surface area contributed by atoms with Crippen LogP contribution in [0.4, 0.5) is 0 Å². The van der Waals surface area contributed by atoms with Gasteiger partial charge in [0.15, 0.2) is 11.5 Å². The number of likely N-dealkylation sites (tertiary alicyclic amines) is 1. The molecule has 1 aliphatic heterocycles. The molecular formula is C22H25N7O. The van der Waals surface area contributed by atoms with Crippen LogP contribution in [-0.4, -0.2) is 47.8 Å². The van der Waals surface area contributed by atoms with Gasteiger partial charge in [0.25, 0.3) is 0 Å². The number of rotatable bonds is 5. The topological polar surface area (TPSA) is 85.2 Å². The Morgan fingerprint density at radius 3 is 2.70 bits per heavy atom. The third kappa shape index (κ3) is 3.70. The Bertz CT molecular complexity index is 1130. The van der Waals surface area contributed by atoms with Crippen LogP contribution in [0.2, 0.25) is 0 Å². The van der Waals surface area contributed by atoms with Crippen LogP contribution in [-0.2, 0) is 6.54 Å². The Balaban J connectivity index is 1.29. The van der Waals surface area contributed by atoms with Gasteiger partial charge in [0, 0.05) is 29.8 Å². The molecule has 0 saturated carbocycles. The van der Waals surface area contributed by atoms with Crippen molar-refractivity contribution >= 4 is 5.65 Å². The molecule has 0 bridgehead atoms. The predicted molar refractivity (Wildman–Crippen MR) is 112 cm³/mol. The Morgan fingerprint density at radius 2 is 1.97 bits per heavy atom. The van der Waals surface area contributed by atoms with E-state index in [9.17, 15) is 0 Å². The Morgan fingerprint density at radius 1 is 1.10 bits per heavy atom. The minimum Gasteiger partial charge on any atom is -0.444 e. The molecule has 0 atom stereocenters. The maximum atomic E-state index is 5.87. The normalized spacial score (nSPS) is 16.0. The number of nitrogens with zero attached hydrogens (tertiary/aromatic N) is 7. The summed E-state index contributed by atoms with van der Waals surface area (Å²) in [5.41, 5.74) is 2.64. The van der Waals surface area contributed by atoms with E-state index in [0.717, 1.165) is 66.9 Å². The van der Waals surface area contributed by atoms with Gasteiger partial charge in [0.05, 0.1) is 18.4 Å². The fraction of sp³-hybridized carbons (Fsp3) is 0.409. The number of hydrogen-bond donors (Lipinski definition) is 0. The number of pyridine rings is 1. The number of piperidine rings is 1. The highest BCUT2D eigenvalue weighted by Crippen LogP contribution is 2.28. The molecule has 1 saturated heterocycles. The summed E-state index contributed by atoms with van der Waals surface area (Å²) in [4.78, 5) is 11.0. The van der Waals surface area contributed by atoms with Gasteiger partial charge in [0.2, 0.25) is 5.89 Å². The molecule has 1 aliphatic rings. The van der Waals surface area contributed by atoms with E-state index < -0.39 is 0 Å². The van der Waals surface area contributed by atoms with Crippen molar-refractivity contribution < 1.29 is 4.42 Å². The van der Waals surface area contributed by atoms with Crippen LogP contribution >= 0.6 is 0 Å². The molecule has 8 nitrogen and oxygen atoms in total. The average molecular weight is 403 g/mol. The van der Waals surface area contributed by atoms with Gasteiger partial charge in [-0.05, 0) is 50.2 Å². The lowest BCUT2D eigenvalue weighted by atomic mass is 9.96. The van der Waals surface area contributed by atoms with Crippen molar-refractivity contribution in [1.29, 1.82) is 0 Å². The first-order valence-corrected chi connectivity index (χ1v) is 10.5. The van der Waals surface area contributed by atoms with E-state index >= 15 is 0 Å². The molecular weight excluding hydrogens is 378 g/mol. The number of oxazole rings is 1. The number of hydrogen-bond acceptors (Lipinski definition) is 7. The molecule has 0 radical (unpaired) electrons. The number of fused-ring (bicyclic) bond motifs is 1. The molecule has 0 spiro atoms. The third-order valence-electron chi connectivity index (χ3n) is 5.70. The first-order valence-electron chi connectivity index (χ1n) is 10.5. The summed E-state index contributed by atoms with van der Waals surface area (Å²) in [5.74, 6) is 3.39. The fourth-order valence-corrected chi connectivity index (χ4v) is 3.93. The fourth-order valence-electron chi connectivity index (χ4n) is 3.93. The van der Waals surface area contributed by atoms with E-state index in [1.165, 1.54) is 0 Å². The van der Waals surface area contributed by atoms with Gasteiger partial charge in [-0.2, -0.15) is 9.61 Å². The largest absolute Gasteiger partial charge is 0.444 e. The lowest BCUT2D eigenvalue weighted by Gasteiger charge is -2.30. The monoisotopic (exact) mass is 403 g/mol. The summed E-state index contributed by atoms with van der Waals surface area (Å²) in [7, 11) is 0. The van der Waals surface area contributed by atoms with E-state index in [-0.39, 0.29) is 0 Å². The first kappa shape index (κ1) is 18.9. The van der Waals surface area contributed by atoms with E-state index in [1.54, 1.807) is 6.20 Å². The summed E-state index contributed by atoms with van der Waals surface area (Å²) >= 11 is 0. The van der Waals surface area contributed by atoms with Gasteiger partial charge in [-0.15, -0.1) is 10.2 Å². The lowest BCUT2D eigenvalue weighted by molar-refractivity contribution is 0.183. The molecule has 30 heavy (non-hydrogen) atoms. The standard InChI is InChI=1S/C22H25N7O/c1-15(2)19-13-24-21(30-19)14-28-10-7-16(8-11-28)22-26-25-20-6-5-18(27-29(20)22)17-4-3-9-23-12-17/h3-6,9,12-13,15-16H,7-8,10-11,14H2,1-2H3. The molecule has 4 aromatic rings. The highest BCUT2D eigenvalue weighted by atomic mass is 16.4. The van der Waals surface area contributed by atoms with Crippen molar-refractivity contribution in [2.75, 3.05) is 13.1 Å². The summed E-state index contributed by atoms with van der Waals surface area (Å²) < 4.78 is 7.76. The van der Waals surface area contributed by atoms with Gasteiger partial charge < -0.3 is 4.42 Å². The maximum Gasteiger partial charge on any atom is 0.208 e. The molecule has 8 heteroatoms. The summed E-state index contributed by atoms with van der Waals surface area (Å²) in [6.45, 7) is 6.94. The molecule has 0 N–H and O–H groups in total. The minimum absolute atomic E-state index is 0.337. The van der Waals surface area contributed by atoms with Crippen molar-refractivity contribution in [3.63, 3.8) is 0 Å². The van der Waals surface area contributed by atoms with Gasteiger partial charge in [-0.1, -0.05) is 13.8 Å². The SMILES string of the molecule is CC(C)c1cnc(CN2CCC(c3nnc4ccc(-c5cccnc5)nn34)CC2)o1. The second-order valence-electron chi connectivity index (χ2n) is 8.15. The minimum atomic E-state index is 0.337. The highest BCUT2D eigenvalue weighted by molar-refractivity contribution is 5.58. The van der Waals surface area contributed by atoms with Crippen LogP contribution in [0.25, 0.3) is 16.9 Å². The van der Waals surface area contributed by atoms with Crippen LogP contribution < -0.4 is 0 Å². The summed E-state index contributed by atoms with van der Waals surface area (Å²) in [5, 5.41) is 13.6. The van der Waals surface area contributed by atoms with Crippen molar-refractivity contribution in [3.05, 3.63) is 60.3 Å². The second-order valence-corrected chi connectivity index (χ2v) is 8.15. The smallest absolute Gasteiger partial charge is 0.208 e. The Hall–Kier alpha value is -3.13. The molecule has 1 fully saturated rings. The van der Waals surface area contributed by atoms with Crippen molar-refractivity contribution in [3.8, 4) is 11.3 Å². The van der Waals surface area contributed by atoms with E-state index in [2.05, 4.69) is 38.9 Å². The third-order valence-corrected chi connectivity index (χ3v) is 5.70. The molecule has 5 rings (SSSR count). The molecule has 4 aromatic heterocycles. The lowest BCUT2D eigenvalue weighted by Crippen LogP contribution is -2.33. The van der Waals surface area contributed by atoms with E-state index in [0.29, 0.717) is 11.8 Å². The maximum absolute atomic E-state index is 5.87. The summed E-state index contributed by atoms with van der Waals surface area (Å²) in [6, 6.07) is 7.87. The molecule has 0 unspecified atom stereocenters. The Kier molecular flexibility index (Phi) is 5.00. The molecule has 5 heterocycles. The molecule has 0 aliphatic carbocycles. The van der Waals surface area contributed by atoms with E-state index in [4.69, 9.17) is 9.52 Å². The van der Waals surface area contributed by atoms with Crippen LogP contribution in [0.1, 0.15) is 56.0 Å². The van der Waals surface area contributed by atoms with E-state index in [1.807, 2.05) is 41.2 Å². The van der Waals surface area contributed by atoms with Crippen LogP contribution in [0.5, 0.6) is 0 Å². The predicted octanol–water partition coefficient (Wildman–Crippen LogP) is 3.68. The summed E-state index contributed by atoms with van der Waals surface area (Å²) in [6.07, 6.45) is 7.46. The van der Waals surface area contributed by atoms with Crippen LogP contribution in [0.3, 0.4) is 0 Å². The van der Waals surface area contributed by atoms with Crippen molar-refractivity contribution in [2.45, 2.75) is 45.1 Å². The zero-order chi connectivity index (χ0) is 20.5. The number of aromatic nitrogens is 6. The van der Waals surface area contributed by atoms with Gasteiger partial charge in [-0.3, -0.25) is 9.88 Å². The Labute approximate surface area is 175 Å². The van der Waals surface area contributed by atoms with Gasteiger partial charge in [-0.25, -0.2) is 4.98 Å². The first-order chi connectivity index (χ1) is 14.7. The molecule has 0 amide bonds. The van der Waals surface area contributed by atoms with Crippen molar-refractivity contribution in [1.82, 2.24) is 34.7 Å². The van der Waals surface area contributed by atoms with Gasteiger partial charge in [0.1, 0.15) is 5.76 Å². The molecule has 0 aromatic carbocycles. The highest BCUT2D eigenvalue weighted by Gasteiger charge is 2.26. The zero-order valence-electron chi connectivity index (χ0n) is 17.3. The van der Waals surface area contributed by atoms with Crippen LogP contribution in [0, 0.1) is 0 Å². The van der Waals surface area contributed by atoms with Crippen molar-refractivity contribution in [2.24, 2.45) is 0 Å².